The zero-order valence-corrected chi connectivity index (χ0v) is 16.5. The Kier molecular flexibility index (Phi) is 5.17. The number of hydrogen-bond donors (Lipinski definition) is 0. The molecule has 1 unspecified atom stereocenters. The van der Waals surface area contributed by atoms with Gasteiger partial charge in [0.1, 0.15) is 0 Å². The van der Waals surface area contributed by atoms with Crippen LogP contribution in [0.15, 0.2) is 10.6 Å². The number of pyridine rings is 1. The second-order valence-corrected chi connectivity index (χ2v) is 8.32. The van der Waals surface area contributed by atoms with Gasteiger partial charge < -0.3 is 14.2 Å². The highest BCUT2D eigenvalue weighted by molar-refractivity contribution is 6.06. The number of aromatic nitrogens is 2. The molecule has 0 N–H and O–H groups in total. The summed E-state index contributed by atoms with van der Waals surface area (Å²) in [5.74, 6) is 1.02. The Balaban J connectivity index is 1.61. The largest absolute Gasteiger partial charge is 0.376 e. The average Bonchev–Trinajstić information content (AvgIpc) is 3.26. The lowest BCUT2D eigenvalue weighted by atomic mass is 10.0. The van der Waals surface area contributed by atoms with Gasteiger partial charge in [-0.05, 0) is 37.7 Å². The van der Waals surface area contributed by atoms with Gasteiger partial charge >= 0.3 is 0 Å². The lowest BCUT2D eigenvalue weighted by molar-refractivity contribution is 0.0397. The third-order valence-corrected chi connectivity index (χ3v) is 5.35. The molecule has 6 nitrogen and oxygen atoms in total. The van der Waals surface area contributed by atoms with Gasteiger partial charge in [-0.3, -0.25) is 4.79 Å². The monoisotopic (exact) mass is 371 g/mol. The molecular formula is C21H29N3O3. The molecule has 1 saturated carbocycles. The summed E-state index contributed by atoms with van der Waals surface area (Å²) in [7, 11) is 0. The number of aryl methyl sites for hydroxylation is 1. The van der Waals surface area contributed by atoms with Crippen molar-refractivity contribution in [3.05, 3.63) is 23.0 Å². The van der Waals surface area contributed by atoms with E-state index in [0.29, 0.717) is 29.7 Å². The molecule has 1 amide bonds. The van der Waals surface area contributed by atoms with Crippen LogP contribution in [0.25, 0.3) is 11.1 Å². The summed E-state index contributed by atoms with van der Waals surface area (Å²) in [5.41, 5.74) is 3.03. The summed E-state index contributed by atoms with van der Waals surface area (Å²) >= 11 is 0. The third kappa shape index (κ3) is 3.86. The number of likely N-dealkylation sites (tertiary alicyclic amines) is 1. The summed E-state index contributed by atoms with van der Waals surface area (Å²) < 4.78 is 11.5. The number of hydrogen-bond acceptors (Lipinski definition) is 5. The van der Waals surface area contributed by atoms with E-state index < -0.39 is 0 Å². The maximum Gasteiger partial charge on any atom is 0.259 e. The molecule has 1 aliphatic heterocycles. The topological polar surface area (TPSA) is 68.5 Å². The van der Waals surface area contributed by atoms with Crippen molar-refractivity contribution in [1.82, 2.24) is 15.0 Å². The Morgan fingerprint density at radius 1 is 1.37 bits per heavy atom. The van der Waals surface area contributed by atoms with Gasteiger partial charge in [0, 0.05) is 31.3 Å². The third-order valence-electron chi connectivity index (χ3n) is 5.35. The van der Waals surface area contributed by atoms with Gasteiger partial charge in [-0.25, -0.2) is 4.98 Å². The van der Waals surface area contributed by atoms with Gasteiger partial charge in [0.2, 0.25) is 0 Å². The predicted octanol–water partition coefficient (Wildman–Crippen LogP) is 3.94. The quantitative estimate of drug-likeness (QED) is 0.737. The Hall–Kier alpha value is -1.95. The molecule has 1 aliphatic carbocycles. The first-order valence-corrected chi connectivity index (χ1v) is 10.3. The van der Waals surface area contributed by atoms with Crippen LogP contribution in [0.5, 0.6) is 0 Å². The van der Waals surface area contributed by atoms with Gasteiger partial charge in [-0.15, -0.1) is 0 Å². The summed E-state index contributed by atoms with van der Waals surface area (Å²) in [4.78, 5) is 19.9. The molecule has 1 saturated heterocycles. The first kappa shape index (κ1) is 18.4. The van der Waals surface area contributed by atoms with Crippen molar-refractivity contribution in [2.24, 2.45) is 5.92 Å². The van der Waals surface area contributed by atoms with Crippen LogP contribution in [0.4, 0.5) is 0 Å². The van der Waals surface area contributed by atoms with Gasteiger partial charge in [0.25, 0.3) is 11.6 Å². The smallest absolute Gasteiger partial charge is 0.259 e. The van der Waals surface area contributed by atoms with Gasteiger partial charge in [0.15, 0.2) is 0 Å². The second kappa shape index (κ2) is 7.58. The van der Waals surface area contributed by atoms with Crippen molar-refractivity contribution in [2.45, 2.75) is 64.9 Å². The molecule has 0 bridgehead atoms. The Morgan fingerprint density at radius 3 is 2.89 bits per heavy atom. The lowest BCUT2D eigenvalue weighted by Crippen LogP contribution is -2.31. The van der Waals surface area contributed by atoms with Crippen molar-refractivity contribution < 1.29 is 14.1 Å². The number of carbonyl (C=O) groups excluding carboxylic acids is 1. The lowest BCUT2D eigenvalue weighted by Gasteiger charge is -2.18. The molecule has 27 heavy (non-hydrogen) atoms. The fourth-order valence-electron chi connectivity index (χ4n) is 3.74. The fourth-order valence-corrected chi connectivity index (χ4v) is 3.74. The Labute approximate surface area is 160 Å². The highest BCUT2D eigenvalue weighted by atomic mass is 16.5. The standard InChI is InChI=1S/C21H29N3O3/c1-4-5-17-19-16(10-18(14-6-7-14)22-20(19)27-23-17)21(25)24-9-8-15(11-24)26-12-13(2)3/h10,13-15H,4-9,11-12H2,1-3H3. The molecule has 0 aromatic carbocycles. The molecule has 0 radical (unpaired) electrons. The first-order chi connectivity index (χ1) is 13.1. The van der Waals surface area contributed by atoms with E-state index in [1.807, 2.05) is 11.0 Å². The van der Waals surface area contributed by atoms with Crippen LogP contribution in [0.1, 0.15) is 74.1 Å². The van der Waals surface area contributed by atoms with Crippen molar-refractivity contribution in [2.75, 3.05) is 19.7 Å². The average molecular weight is 371 g/mol. The van der Waals surface area contributed by atoms with Crippen LogP contribution in [-0.4, -0.2) is 46.7 Å². The van der Waals surface area contributed by atoms with E-state index in [9.17, 15) is 4.79 Å². The molecule has 1 atom stereocenters. The fraction of sp³-hybridized carbons (Fsp3) is 0.667. The predicted molar refractivity (Wildman–Crippen MR) is 103 cm³/mol. The zero-order valence-electron chi connectivity index (χ0n) is 16.5. The van der Waals surface area contributed by atoms with Gasteiger partial charge in [0.05, 0.1) is 22.7 Å². The molecule has 146 valence electrons. The number of ether oxygens (including phenoxy) is 1. The van der Waals surface area contributed by atoms with Crippen LogP contribution in [0.2, 0.25) is 0 Å². The van der Waals surface area contributed by atoms with E-state index in [-0.39, 0.29) is 12.0 Å². The summed E-state index contributed by atoms with van der Waals surface area (Å²) in [6.45, 7) is 8.52. The van der Waals surface area contributed by atoms with E-state index in [4.69, 9.17) is 9.26 Å². The first-order valence-electron chi connectivity index (χ1n) is 10.3. The van der Waals surface area contributed by atoms with Crippen molar-refractivity contribution in [3.8, 4) is 0 Å². The molecular weight excluding hydrogens is 342 g/mol. The number of fused-ring (bicyclic) bond motifs is 1. The van der Waals surface area contributed by atoms with Crippen LogP contribution in [0, 0.1) is 5.92 Å². The molecule has 2 aromatic heterocycles. The molecule has 0 spiro atoms. The molecule has 2 aromatic rings. The minimum absolute atomic E-state index is 0.0560. The molecule has 6 heteroatoms. The van der Waals surface area contributed by atoms with E-state index in [1.165, 1.54) is 0 Å². The maximum absolute atomic E-state index is 13.4. The number of amides is 1. The van der Waals surface area contributed by atoms with Gasteiger partial charge in [-0.1, -0.05) is 32.3 Å². The molecule has 3 heterocycles. The van der Waals surface area contributed by atoms with Crippen molar-refractivity contribution >= 4 is 17.0 Å². The van der Waals surface area contributed by atoms with E-state index in [0.717, 1.165) is 62.0 Å². The normalized spacial score (nSPS) is 20.1. The molecule has 4 rings (SSSR count). The number of nitrogens with zero attached hydrogens (tertiary/aromatic N) is 3. The molecule has 2 fully saturated rings. The highest BCUT2D eigenvalue weighted by Gasteiger charge is 2.33. The van der Waals surface area contributed by atoms with Crippen LogP contribution in [-0.2, 0) is 11.2 Å². The number of carbonyl (C=O) groups is 1. The summed E-state index contributed by atoms with van der Waals surface area (Å²) in [5, 5.41) is 5.01. The summed E-state index contributed by atoms with van der Waals surface area (Å²) in [6, 6.07) is 1.99. The van der Waals surface area contributed by atoms with E-state index in [1.54, 1.807) is 0 Å². The Morgan fingerprint density at radius 2 is 2.19 bits per heavy atom. The van der Waals surface area contributed by atoms with Crippen LogP contribution < -0.4 is 0 Å². The minimum atomic E-state index is 0.0560. The second-order valence-electron chi connectivity index (χ2n) is 8.32. The van der Waals surface area contributed by atoms with Crippen molar-refractivity contribution in [1.29, 1.82) is 0 Å². The van der Waals surface area contributed by atoms with Gasteiger partial charge in [-0.2, -0.15) is 0 Å². The van der Waals surface area contributed by atoms with E-state index >= 15 is 0 Å². The minimum Gasteiger partial charge on any atom is -0.376 e. The zero-order chi connectivity index (χ0) is 19.0. The van der Waals surface area contributed by atoms with Crippen LogP contribution >= 0.6 is 0 Å². The van der Waals surface area contributed by atoms with Crippen LogP contribution in [0.3, 0.4) is 0 Å². The highest BCUT2D eigenvalue weighted by Crippen LogP contribution is 2.41. The maximum atomic E-state index is 13.4. The Bertz CT molecular complexity index is 825. The van der Waals surface area contributed by atoms with E-state index in [2.05, 4.69) is 30.9 Å². The van der Waals surface area contributed by atoms with Crippen molar-refractivity contribution in [3.63, 3.8) is 0 Å². The SMILES string of the molecule is CCCc1noc2nc(C3CC3)cc(C(=O)N3CCC(OCC(C)C)C3)c12. The summed E-state index contributed by atoms with van der Waals surface area (Å²) in [6.07, 6.45) is 5.04. The number of rotatable bonds is 7. The molecule has 2 aliphatic rings.